The van der Waals surface area contributed by atoms with Crippen LogP contribution in [0.1, 0.15) is 21.9 Å². The van der Waals surface area contributed by atoms with Gasteiger partial charge in [-0.3, -0.25) is 9.69 Å². The predicted octanol–water partition coefficient (Wildman–Crippen LogP) is 3.49. The van der Waals surface area contributed by atoms with Crippen LogP contribution in [0.4, 0.5) is 0 Å². The Kier molecular flexibility index (Phi) is 4.33. The summed E-state index contributed by atoms with van der Waals surface area (Å²) in [6.45, 7) is 1.49. The maximum Gasteiger partial charge on any atom is 0.185 e. The minimum Gasteiger partial charge on any atom is -0.457 e. The number of hydrogen-bond acceptors (Lipinski definition) is 3. The van der Waals surface area contributed by atoms with Crippen LogP contribution < -0.4 is 0 Å². The first-order valence-electron chi connectivity index (χ1n) is 5.65. The first-order valence-corrected chi connectivity index (χ1v) is 6.44. The number of halogens is 1. The third-order valence-electron chi connectivity index (χ3n) is 2.62. The van der Waals surface area contributed by atoms with Crippen LogP contribution in [0.25, 0.3) is 0 Å². The van der Waals surface area contributed by atoms with E-state index in [0.717, 1.165) is 23.1 Å². The molecular weight excluding hydrogens is 294 g/mol. The minimum atomic E-state index is 0.374. The molecule has 1 heterocycles. The van der Waals surface area contributed by atoms with Gasteiger partial charge in [-0.25, -0.2) is 0 Å². The number of hydrogen-bond donors (Lipinski definition) is 0. The summed E-state index contributed by atoms with van der Waals surface area (Å²) >= 11 is 3.53. The van der Waals surface area contributed by atoms with Gasteiger partial charge in [0.05, 0.1) is 6.54 Å². The number of carbonyl (C=O) groups excluding carboxylic acids is 1. The molecule has 0 atom stereocenters. The minimum absolute atomic E-state index is 0.374. The molecule has 4 heteroatoms. The predicted molar refractivity (Wildman–Crippen MR) is 73.4 cm³/mol. The van der Waals surface area contributed by atoms with Crippen LogP contribution >= 0.6 is 15.9 Å². The molecule has 0 unspecified atom stereocenters. The first kappa shape index (κ1) is 13.1. The SMILES string of the molecule is CN(Cc1ccc(C=O)o1)Cc1ccccc1Br. The Hall–Kier alpha value is -1.39. The van der Waals surface area contributed by atoms with Gasteiger partial charge >= 0.3 is 0 Å². The van der Waals surface area contributed by atoms with Crippen molar-refractivity contribution in [2.75, 3.05) is 7.05 Å². The van der Waals surface area contributed by atoms with Crippen LogP contribution in [-0.4, -0.2) is 18.2 Å². The van der Waals surface area contributed by atoms with E-state index in [1.807, 2.05) is 31.3 Å². The summed E-state index contributed by atoms with van der Waals surface area (Å²) in [5.41, 5.74) is 1.22. The topological polar surface area (TPSA) is 33.5 Å². The van der Waals surface area contributed by atoms with Crippen molar-refractivity contribution >= 4 is 22.2 Å². The summed E-state index contributed by atoms with van der Waals surface area (Å²) in [5.74, 6) is 1.17. The van der Waals surface area contributed by atoms with Gasteiger partial charge in [0.2, 0.25) is 0 Å². The first-order chi connectivity index (χ1) is 8.69. The summed E-state index contributed by atoms with van der Waals surface area (Å²) < 4.78 is 6.45. The summed E-state index contributed by atoms with van der Waals surface area (Å²) in [5, 5.41) is 0. The molecule has 2 rings (SSSR count). The lowest BCUT2D eigenvalue weighted by Gasteiger charge is -2.16. The molecule has 3 nitrogen and oxygen atoms in total. The quantitative estimate of drug-likeness (QED) is 0.793. The van der Waals surface area contributed by atoms with E-state index in [2.05, 4.69) is 26.9 Å². The van der Waals surface area contributed by atoms with Gasteiger partial charge in [0.25, 0.3) is 0 Å². The highest BCUT2D eigenvalue weighted by molar-refractivity contribution is 9.10. The fraction of sp³-hybridized carbons (Fsp3) is 0.214. The Morgan fingerprint density at radius 1 is 1.22 bits per heavy atom. The Morgan fingerprint density at radius 2 is 2.00 bits per heavy atom. The van der Waals surface area contributed by atoms with E-state index in [9.17, 15) is 4.79 Å². The molecule has 0 aliphatic rings. The molecule has 0 radical (unpaired) electrons. The molecule has 2 aromatic rings. The van der Waals surface area contributed by atoms with Gasteiger partial charge in [-0.2, -0.15) is 0 Å². The molecular formula is C14H14BrNO2. The molecule has 94 valence electrons. The Balaban J connectivity index is 1.98. The third-order valence-corrected chi connectivity index (χ3v) is 3.40. The third kappa shape index (κ3) is 3.31. The van der Waals surface area contributed by atoms with Gasteiger partial charge in [-0.1, -0.05) is 34.1 Å². The molecule has 0 aliphatic carbocycles. The maximum absolute atomic E-state index is 10.5. The molecule has 0 fully saturated rings. The zero-order valence-corrected chi connectivity index (χ0v) is 11.7. The molecule has 0 aliphatic heterocycles. The van der Waals surface area contributed by atoms with Crippen molar-refractivity contribution in [2.45, 2.75) is 13.1 Å². The monoisotopic (exact) mass is 307 g/mol. The van der Waals surface area contributed by atoms with Crippen molar-refractivity contribution in [3.05, 3.63) is 58.0 Å². The Labute approximate surface area is 115 Å². The summed E-state index contributed by atoms with van der Waals surface area (Å²) in [6, 6.07) is 11.6. The molecule has 0 amide bonds. The smallest absolute Gasteiger partial charge is 0.185 e. The number of aldehydes is 1. The van der Waals surface area contributed by atoms with Gasteiger partial charge in [-0.05, 0) is 30.8 Å². The van der Waals surface area contributed by atoms with Crippen molar-refractivity contribution in [1.82, 2.24) is 4.90 Å². The van der Waals surface area contributed by atoms with Crippen molar-refractivity contribution in [3.63, 3.8) is 0 Å². The lowest BCUT2D eigenvalue weighted by atomic mass is 10.2. The zero-order chi connectivity index (χ0) is 13.0. The second-order valence-corrected chi connectivity index (χ2v) is 5.04. The normalized spacial score (nSPS) is 10.8. The van der Waals surface area contributed by atoms with Gasteiger partial charge < -0.3 is 4.42 Å². The standard InChI is InChI=1S/C14H14BrNO2/c1-16(8-11-4-2-3-5-14(11)15)9-12-6-7-13(10-17)18-12/h2-7,10H,8-9H2,1H3. The average molecular weight is 308 g/mol. The zero-order valence-electron chi connectivity index (χ0n) is 10.1. The van der Waals surface area contributed by atoms with E-state index in [1.165, 1.54) is 5.56 Å². The number of nitrogens with zero attached hydrogens (tertiary/aromatic N) is 1. The van der Waals surface area contributed by atoms with Gasteiger partial charge in [-0.15, -0.1) is 0 Å². The van der Waals surface area contributed by atoms with Gasteiger partial charge in [0.1, 0.15) is 5.76 Å². The number of rotatable bonds is 5. The average Bonchev–Trinajstić information content (AvgIpc) is 2.80. The van der Waals surface area contributed by atoms with Crippen LogP contribution in [0.5, 0.6) is 0 Å². The van der Waals surface area contributed by atoms with Crippen LogP contribution in [0.2, 0.25) is 0 Å². The fourth-order valence-electron chi connectivity index (χ4n) is 1.78. The molecule has 1 aromatic heterocycles. The lowest BCUT2D eigenvalue weighted by Crippen LogP contribution is -2.17. The highest BCUT2D eigenvalue weighted by atomic mass is 79.9. The van der Waals surface area contributed by atoms with Crippen LogP contribution in [0.15, 0.2) is 45.3 Å². The molecule has 0 bridgehead atoms. The van der Waals surface area contributed by atoms with Crippen molar-refractivity contribution < 1.29 is 9.21 Å². The highest BCUT2D eigenvalue weighted by Gasteiger charge is 2.07. The van der Waals surface area contributed by atoms with Gasteiger partial charge in [0.15, 0.2) is 12.0 Å². The number of carbonyl (C=O) groups is 1. The molecule has 1 aromatic carbocycles. The summed E-state index contributed by atoms with van der Waals surface area (Å²) in [7, 11) is 2.02. The maximum atomic E-state index is 10.5. The Bertz CT molecular complexity index is 536. The second-order valence-electron chi connectivity index (χ2n) is 4.19. The van der Waals surface area contributed by atoms with E-state index in [4.69, 9.17) is 4.42 Å². The second kappa shape index (κ2) is 5.98. The van der Waals surface area contributed by atoms with Gasteiger partial charge in [0, 0.05) is 11.0 Å². The van der Waals surface area contributed by atoms with E-state index < -0.39 is 0 Å². The number of furan rings is 1. The van der Waals surface area contributed by atoms with Crippen molar-refractivity contribution in [2.24, 2.45) is 0 Å². The molecule has 0 N–H and O–H groups in total. The molecule has 0 saturated carbocycles. The molecule has 0 spiro atoms. The van der Waals surface area contributed by atoms with Crippen molar-refractivity contribution in [1.29, 1.82) is 0 Å². The molecule has 0 saturated heterocycles. The van der Waals surface area contributed by atoms with Crippen molar-refractivity contribution in [3.8, 4) is 0 Å². The molecule has 18 heavy (non-hydrogen) atoms. The van der Waals surface area contributed by atoms with Crippen LogP contribution in [0, 0.1) is 0 Å². The summed E-state index contributed by atoms with van der Waals surface area (Å²) in [6.07, 6.45) is 0.720. The largest absolute Gasteiger partial charge is 0.457 e. The highest BCUT2D eigenvalue weighted by Crippen LogP contribution is 2.18. The van der Waals surface area contributed by atoms with Crippen LogP contribution in [0.3, 0.4) is 0 Å². The Morgan fingerprint density at radius 3 is 2.67 bits per heavy atom. The van der Waals surface area contributed by atoms with E-state index >= 15 is 0 Å². The fourth-order valence-corrected chi connectivity index (χ4v) is 2.19. The number of benzene rings is 1. The lowest BCUT2D eigenvalue weighted by molar-refractivity contribution is 0.109. The van der Waals surface area contributed by atoms with E-state index in [0.29, 0.717) is 12.3 Å². The van der Waals surface area contributed by atoms with E-state index in [1.54, 1.807) is 6.07 Å². The summed E-state index contributed by atoms with van der Waals surface area (Å²) in [4.78, 5) is 12.7. The van der Waals surface area contributed by atoms with E-state index in [-0.39, 0.29) is 0 Å². The van der Waals surface area contributed by atoms with Crippen LogP contribution in [-0.2, 0) is 13.1 Å².